The molecule has 0 aromatic rings. The van der Waals surface area contributed by atoms with E-state index in [0.29, 0.717) is 6.04 Å². The lowest BCUT2D eigenvalue weighted by Gasteiger charge is -2.39. The highest BCUT2D eigenvalue weighted by molar-refractivity contribution is 4.88. The molecule has 2 rings (SSSR count). The van der Waals surface area contributed by atoms with Crippen LogP contribution in [0.2, 0.25) is 0 Å². The van der Waals surface area contributed by atoms with Gasteiger partial charge in [-0.3, -0.25) is 0 Å². The van der Waals surface area contributed by atoms with Gasteiger partial charge in [-0.2, -0.15) is 0 Å². The van der Waals surface area contributed by atoms with Crippen LogP contribution in [0.5, 0.6) is 0 Å². The molecular weight excluding hydrogens is 222 g/mol. The largest absolute Gasteiger partial charge is 0.373 e. The van der Waals surface area contributed by atoms with Crippen molar-refractivity contribution >= 4 is 0 Å². The lowest BCUT2D eigenvalue weighted by atomic mass is 9.84. The second-order valence-corrected chi connectivity index (χ2v) is 6.74. The first-order valence-electron chi connectivity index (χ1n) is 8.08. The number of nitrogens with one attached hydrogen (secondary N) is 1. The van der Waals surface area contributed by atoms with Crippen molar-refractivity contribution in [1.82, 2.24) is 5.32 Å². The van der Waals surface area contributed by atoms with Crippen molar-refractivity contribution in [3.05, 3.63) is 0 Å². The van der Waals surface area contributed by atoms with Crippen LogP contribution in [0.15, 0.2) is 0 Å². The molecule has 0 aliphatic heterocycles. The lowest BCUT2D eigenvalue weighted by molar-refractivity contribution is -0.0817. The monoisotopic (exact) mass is 253 g/mol. The fourth-order valence-corrected chi connectivity index (χ4v) is 3.43. The molecule has 0 aromatic carbocycles. The molecule has 0 atom stereocenters. The maximum Gasteiger partial charge on any atom is 0.0806 e. The lowest BCUT2D eigenvalue weighted by Crippen LogP contribution is -2.47. The van der Waals surface area contributed by atoms with E-state index in [9.17, 15) is 0 Å². The van der Waals surface area contributed by atoms with Gasteiger partial charge in [0.2, 0.25) is 0 Å². The van der Waals surface area contributed by atoms with E-state index in [-0.39, 0.29) is 5.60 Å². The van der Waals surface area contributed by atoms with E-state index in [0.717, 1.165) is 19.1 Å². The minimum atomic E-state index is 0.158. The van der Waals surface area contributed by atoms with Crippen molar-refractivity contribution in [1.29, 1.82) is 0 Å². The van der Waals surface area contributed by atoms with Crippen molar-refractivity contribution in [2.24, 2.45) is 5.92 Å². The van der Waals surface area contributed by atoms with E-state index < -0.39 is 0 Å². The topological polar surface area (TPSA) is 21.3 Å². The van der Waals surface area contributed by atoms with Gasteiger partial charge in [-0.1, -0.05) is 46.0 Å². The predicted molar refractivity (Wildman–Crippen MR) is 76.9 cm³/mol. The Kier molecular flexibility index (Phi) is 5.50. The normalized spacial score (nSPS) is 24.8. The van der Waals surface area contributed by atoms with Crippen LogP contribution < -0.4 is 5.32 Å². The molecule has 0 aromatic heterocycles. The number of hydrogen-bond acceptors (Lipinski definition) is 2. The third-order valence-corrected chi connectivity index (χ3v) is 4.70. The van der Waals surface area contributed by atoms with Crippen molar-refractivity contribution in [3.8, 4) is 0 Å². The highest BCUT2D eigenvalue weighted by Gasteiger charge is 2.33. The third-order valence-electron chi connectivity index (χ3n) is 4.70. The van der Waals surface area contributed by atoms with Crippen molar-refractivity contribution < 1.29 is 4.74 Å². The van der Waals surface area contributed by atoms with E-state index in [1.54, 1.807) is 0 Å². The van der Waals surface area contributed by atoms with Gasteiger partial charge in [0.05, 0.1) is 12.2 Å². The van der Waals surface area contributed by atoms with Gasteiger partial charge >= 0.3 is 0 Å². The summed E-state index contributed by atoms with van der Waals surface area (Å²) in [6, 6.07) is 0.568. The summed E-state index contributed by atoms with van der Waals surface area (Å²) in [4.78, 5) is 0. The average molecular weight is 253 g/mol. The molecule has 2 aliphatic carbocycles. The molecule has 2 saturated carbocycles. The molecule has 0 heterocycles. The Morgan fingerprint density at radius 1 is 1.06 bits per heavy atom. The molecule has 18 heavy (non-hydrogen) atoms. The molecule has 0 bridgehead atoms. The Balaban J connectivity index is 1.82. The zero-order valence-electron chi connectivity index (χ0n) is 12.3. The summed E-state index contributed by atoms with van der Waals surface area (Å²) in [6.45, 7) is 6.53. The first-order chi connectivity index (χ1) is 8.70. The zero-order valence-corrected chi connectivity index (χ0v) is 12.3. The van der Waals surface area contributed by atoms with E-state index in [1.807, 2.05) is 0 Å². The smallest absolute Gasteiger partial charge is 0.0806 e. The molecule has 2 aliphatic rings. The summed E-state index contributed by atoms with van der Waals surface area (Å²) in [5.41, 5.74) is 0.158. The molecule has 2 heteroatoms. The quantitative estimate of drug-likeness (QED) is 0.775. The van der Waals surface area contributed by atoms with Gasteiger partial charge in [0.25, 0.3) is 0 Å². The SMILES string of the molecule is CC(C)NCC1(OCC2CCCC2)CCCCC1. The minimum absolute atomic E-state index is 0.158. The Labute approximate surface area is 113 Å². The van der Waals surface area contributed by atoms with Crippen molar-refractivity contribution in [3.63, 3.8) is 0 Å². The molecular formula is C16H31NO. The summed E-state index contributed by atoms with van der Waals surface area (Å²) in [6.07, 6.45) is 12.3. The van der Waals surface area contributed by atoms with Gasteiger partial charge < -0.3 is 10.1 Å². The molecule has 0 amide bonds. The fraction of sp³-hybridized carbons (Fsp3) is 1.00. The molecule has 2 fully saturated rings. The summed E-state index contributed by atoms with van der Waals surface area (Å²) in [5, 5.41) is 3.61. The first-order valence-corrected chi connectivity index (χ1v) is 8.08. The maximum atomic E-state index is 6.44. The second-order valence-electron chi connectivity index (χ2n) is 6.74. The van der Waals surface area contributed by atoms with Crippen LogP contribution in [0.3, 0.4) is 0 Å². The van der Waals surface area contributed by atoms with Crippen molar-refractivity contribution in [2.45, 2.75) is 83.3 Å². The van der Waals surface area contributed by atoms with Crippen molar-refractivity contribution in [2.75, 3.05) is 13.2 Å². The van der Waals surface area contributed by atoms with E-state index >= 15 is 0 Å². The number of rotatable bonds is 6. The van der Waals surface area contributed by atoms with E-state index in [2.05, 4.69) is 19.2 Å². The van der Waals surface area contributed by atoms with Gasteiger partial charge in [-0.25, -0.2) is 0 Å². The van der Waals surface area contributed by atoms with Gasteiger partial charge in [0.15, 0.2) is 0 Å². The van der Waals surface area contributed by atoms with E-state index in [4.69, 9.17) is 4.74 Å². The maximum absolute atomic E-state index is 6.44. The van der Waals surface area contributed by atoms with Crippen LogP contribution in [-0.4, -0.2) is 24.8 Å². The second kappa shape index (κ2) is 6.91. The van der Waals surface area contributed by atoms with E-state index in [1.165, 1.54) is 57.8 Å². The van der Waals surface area contributed by atoms with Crippen LogP contribution in [0.4, 0.5) is 0 Å². The average Bonchev–Trinajstić information content (AvgIpc) is 2.89. The Hall–Kier alpha value is -0.0800. The molecule has 0 unspecified atom stereocenters. The van der Waals surface area contributed by atoms with Crippen LogP contribution in [0.25, 0.3) is 0 Å². The van der Waals surface area contributed by atoms with Crippen LogP contribution in [0, 0.1) is 5.92 Å². The summed E-state index contributed by atoms with van der Waals surface area (Å²) >= 11 is 0. The molecule has 0 spiro atoms. The molecule has 0 radical (unpaired) electrons. The van der Waals surface area contributed by atoms with Crippen LogP contribution >= 0.6 is 0 Å². The van der Waals surface area contributed by atoms with Gasteiger partial charge in [0, 0.05) is 12.6 Å². The number of hydrogen-bond donors (Lipinski definition) is 1. The Morgan fingerprint density at radius 3 is 2.33 bits per heavy atom. The summed E-state index contributed by atoms with van der Waals surface area (Å²) in [5.74, 6) is 0.850. The minimum Gasteiger partial charge on any atom is -0.373 e. The zero-order chi connectivity index (χ0) is 12.8. The predicted octanol–water partition coefficient (Wildman–Crippen LogP) is 3.89. The molecule has 1 N–H and O–H groups in total. The Bertz CT molecular complexity index is 227. The standard InChI is InChI=1S/C16H31NO/c1-14(2)17-13-16(10-6-3-7-11-16)18-12-15-8-4-5-9-15/h14-15,17H,3-13H2,1-2H3. The van der Waals surface area contributed by atoms with Crippen LogP contribution in [0.1, 0.15) is 71.6 Å². The van der Waals surface area contributed by atoms with Gasteiger partial charge in [0.1, 0.15) is 0 Å². The van der Waals surface area contributed by atoms with Gasteiger partial charge in [-0.05, 0) is 31.6 Å². The summed E-state index contributed by atoms with van der Waals surface area (Å²) < 4.78 is 6.44. The molecule has 106 valence electrons. The highest BCUT2D eigenvalue weighted by Crippen LogP contribution is 2.33. The number of ether oxygens (including phenoxy) is 1. The Morgan fingerprint density at radius 2 is 1.72 bits per heavy atom. The molecule has 2 nitrogen and oxygen atoms in total. The third kappa shape index (κ3) is 4.24. The first kappa shape index (κ1) is 14.3. The van der Waals surface area contributed by atoms with Gasteiger partial charge in [-0.15, -0.1) is 0 Å². The molecule has 0 saturated heterocycles. The van der Waals surface area contributed by atoms with Crippen LogP contribution in [-0.2, 0) is 4.74 Å². The fourth-order valence-electron chi connectivity index (χ4n) is 3.43. The highest BCUT2D eigenvalue weighted by atomic mass is 16.5. The summed E-state index contributed by atoms with van der Waals surface area (Å²) in [7, 11) is 0.